The number of unbranched alkanes of at least 4 members (excludes halogenated alkanes) is 63. The van der Waals surface area contributed by atoms with Crippen molar-refractivity contribution in [2.24, 2.45) is 0 Å². The summed E-state index contributed by atoms with van der Waals surface area (Å²) in [5.41, 5.74) is 1.53. The van der Waals surface area contributed by atoms with Crippen LogP contribution < -0.4 is 0 Å². The molecule has 0 atom stereocenters. The molecular formula is C81H155S3. The van der Waals surface area contributed by atoms with E-state index in [1.165, 1.54) is 447 Å². The molecule has 1 radical (unpaired) electrons. The summed E-state index contributed by atoms with van der Waals surface area (Å²) in [5, 5.41) is 0. The Bertz CT molecular complexity index is 1280. The lowest BCUT2D eigenvalue weighted by Gasteiger charge is -2.17. The molecule has 0 aromatic heterocycles. The van der Waals surface area contributed by atoms with Crippen LogP contribution in [0.15, 0.2) is 26.8 Å². The molecule has 1 aromatic rings. The largest absolute Gasteiger partial charge is 0.125 e. The van der Waals surface area contributed by atoms with E-state index in [2.05, 4.69) is 75.1 Å². The normalized spacial score (nSPS) is 11.8. The summed E-state index contributed by atoms with van der Waals surface area (Å²) in [5.74, 6) is 3.85. The first-order chi connectivity index (χ1) is 41.8. The summed E-state index contributed by atoms with van der Waals surface area (Å²) in [4.78, 5) is 4.84. The van der Waals surface area contributed by atoms with Crippen molar-refractivity contribution >= 4 is 35.3 Å². The van der Waals surface area contributed by atoms with Crippen molar-refractivity contribution in [1.29, 1.82) is 0 Å². The van der Waals surface area contributed by atoms with E-state index in [-0.39, 0.29) is 0 Å². The number of rotatable bonds is 74. The van der Waals surface area contributed by atoms with E-state index in [0.717, 1.165) is 12.8 Å². The highest BCUT2D eigenvalue weighted by molar-refractivity contribution is 8.03. The molecule has 84 heavy (non-hydrogen) atoms. The molecule has 0 spiro atoms. The van der Waals surface area contributed by atoms with Crippen LogP contribution in [0.4, 0.5) is 0 Å². The van der Waals surface area contributed by atoms with Gasteiger partial charge in [-0.1, -0.05) is 432 Å². The van der Waals surface area contributed by atoms with E-state index >= 15 is 0 Å². The fourth-order valence-corrected chi connectivity index (χ4v) is 16.8. The van der Waals surface area contributed by atoms with E-state index in [4.69, 9.17) is 0 Å². The molecule has 0 fully saturated rings. The Labute approximate surface area is 545 Å². The lowest BCUT2D eigenvalue weighted by atomic mass is 10.0. The number of thioether (sulfide) groups is 3. The zero-order valence-corrected chi connectivity index (χ0v) is 60.7. The van der Waals surface area contributed by atoms with Crippen LogP contribution in [-0.2, 0) is 6.42 Å². The standard InChI is InChI=1S/C81H155S3/c1-5-9-12-15-18-21-24-27-30-33-36-39-42-45-48-51-54-57-60-63-66-69-73-82-79-76-78(72-8-4)77-80(83-74-70-67-64-61-58-55-52-49-46-43-40-37-34-31-28-25-22-19-16-13-10-6-2)81(79)84-75-71-68-65-62-59-56-53-50-47-44-41-38-35-32-29-26-23-20-17-14-11-7-3/h76-77H,4-75H2,1-3H3. The topological polar surface area (TPSA) is 0 Å². The van der Waals surface area contributed by atoms with Crippen LogP contribution in [0.1, 0.15) is 457 Å². The first-order valence-electron chi connectivity index (χ1n) is 39.6. The maximum Gasteiger partial charge on any atom is 0.0344 e. The van der Waals surface area contributed by atoms with Crippen molar-refractivity contribution in [3.8, 4) is 0 Å². The molecule has 1 rings (SSSR count). The van der Waals surface area contributed by atoms with E-state index in [1.807, 2.05) is 0 Å². The molecule has 0 aliphatic carbocycles. The molecule has 0 saturated carbocycles. The fourth-order valence-electron chi connectivity index (χ4n) is 13.0. The molecule has 0 bridgehead atoms. The summed E-state index contributed by atoms with van der Waals surface area (Å²) in [7, 11) is 0. The van der Waals surface area contributed by atoms with Gasteiger partial charge in [0.1, 0.15) is 0 Å². The van der Waals surface area contributed by atoms with Crippen molar-refractivity contribution in [1.82, 2.24) is 0 Å². The average molecular weight is 1230 g/mol. The number of aryl methyl sites for hydroxylation is 1. The minimum atomic E-state index is 0.999. The summed E-state index contributed by atoms with van der Waals surface area (Å²) in [6.45, 7) is 11.3. The van der Waals surface area contributed by atoms with Gasteiger partial charge in [0, 0.05) is 14.7 Å². The van der Waals surface area contributed by atoms with E-state index < -0.39 is 0 Å². The number of hydrogen-bond donors (Lipinski definition) is 0. The monoisotopic (exact) mass is 1220 g/mol. The number of hydrogen-bond acceptors (Lipinski definition) is 3. The molecule has 0 aliphatic heterocycles. The smallest absolute Gasteiger partial charge is 0.0344 e. The molecule has 1 aromatic carbocycles. The van der Waals surface area contributed by atoms with Gasteiger partial charge in [-0.2, -0.15) is 0 Å². The minimum absolute atomic E-state index is 0.999. The Hall–Kier alpha value is 0.270. The van der Waals surface area contributed by atoms with E-state index in [0.29, 0.717) is 0 Å². The molecule has 0 aliphatic rings. The second-order valence-corrected chi connectivity index (χ2v) is 30.7. The maximum atomic E-state index is 4.30. The fraction of sp³-hybridized carbons (Fsp3) is 0.914. The Morgan fingerprint density at radius 3 is 0.536 bits per heavy atom. The van der Waals surface area contributed by atoms with Gasteiger partial charge in [0.05, 0.1) is 0 Å². The van der Waals surface area contributed by atoms with Gasteiger partial charge in [-0.3, -0.25) is 0 Å². The van der Waals surface area contributed by atoms with Crippen LogP contribution >= 0.6 is 35.3 Å². The predicted octanol–water partition coefficient (Wildman–Crippen LogP) is 31.5. The van der Waals surface area contributed by atoms with Crippen LogP contribution in [0.2, 0.25) is 0 Å². The maximum absolute atomic E-state index is 4.30. The third kappa shape index (κ3) is 61.1. The molecule has 0 amide bonds. The van der Waals surface area contributed by atoms with Gasteiger partial charge in [0.25, 0.3) is 0 Å². The second-order valence-electron chi connectivity index (χ2n) is 27.3. The van der Waals surface area contributed by atoms with Crippen LogP contribution in [-0.4, -0.2) is 17.3 Å². The molecule has 0 heterocycles. The van der Waals surface area contributed by atoms with Gasteiger partial charge in [0.15, 0.2) is 0 Å². The highest BCUT2D eigenvalue weighted by atomic mass is 32.2. The van der Waals surface area contributed by atoms with Crippen molar-refractivity contribution in [2.75, 3.05) is 17.3 Å². The highest BCUT2D eigenvalue weighted by Gasteiger charge is 2.14. The van der Waals surface area contributed by atoms with Gasteiger partial charge >= 0.3 is 0 Å². The quantitative estimate of drug-likeness (QED) is 0.0471. The van der Waals surface area contributed by atoms with Crippen molar-refractivity contribution < 1.29 is 0 Å². The molecule has 0 nitrogen and oxygen atoms in total. The molecule has 497 valence electrons. The summed E-state index contributed by atoms with van der Waals surface area (Å²) < 4.78 is 0. The highest BCUT2D eigenvalue weighted by Crippen LogP contribution is 2.41. The van der Waals surface area contributed by atoms with Crippen LogP contribution in [0.5, 0.6) is 0 Å². The van der Waals surface area contributed by atoms with Crippen LogP contribution in [0.25, 0.3) is 0 Å². The average Bonchev–Trinajstić information content (AvgIpc) is 3.55. The summed E-state index contributed by atoms with van der Waals surface area (Å²) in [6.07, 6.45) is 98.4. The van der Waals surface area contributed by atoms with Gasteiger partial charge in [-0.15, -0.1) is 35.3 Å². The third-order valence-corrected chi connectivity index (χ3v) is 22.5. The number of benzene rings is 1. The molecule has 0 unspecified atom stereocenters. The van der Waals surface area contributed by atoms with Gasteiger partial charge in [-0.05, 0) is 67.1 Å². The molecular weight excluding hydrogens is 1070 g/mol. The summed E-state index contributed by atoms with van der Waals surface area (Å²) in [6, 6.07) is 5.19. The van der Waals surface area contributed by atoms with Crippen molar-refractivity contribution in [3.05, 3.63) is 24.6 Å². The zero-order valence-electron chi connectivity index (χ0n) is 58.3. The van der Waals surface area contributed by atoms with Crippen LogP contribution in [0, 0.1) is 6.92 Å². The SMILES string of the molecule is [CH2]CCc1cc(SCCCCCCCCCCCCCCCCCCCCCCCC)c(SCCCCCCCCCCCCCCCCCCCCCCCC)c(SCCCCCCCCCCCCCCCCCCCCCCCC)c1. The molecule has 3 heteroatoms. The van der Waals surface area contributed by atoms with Crippen molar-refractivity contribution in [3.63, 3.8) is 0 Å². The predicted molar refractivity (Wildman–Crippen MR) is 394 cm³/mol. The van der Waals surface area contributed by atoms with E-state index in [9.17, 15) is 0 Å². The van der Waals surface area contributed by atoms with Gasteiger partial charge in [0.2, 0.25) is 0 Å². The van der Waals surface area contributed by atoms with Gasteiger partial charge < -0.3 is 0 Å². The zero-order chi connectivity index (χ0) is 60.0. The van der Waals surface area contributed by atoms with Crippen molar-refractivity contribution in [2.45, 2.75) is 472 Å². The second kappa shape index (κ2) is 72.3. The Morgan fingerprint density at radius 1 is 0.214 bits per heavy atom. The van der Waals surface area contributed by atoms with Gasteiger partial charge in [-0.25, -0.2) is 0 Å². The first kappa shape index (κ1) is 82.3. The Balaban J connectivity index is 2.37. The lowest BCUT2D eigenvalue weighted by Crippen LogP contribution is -1.94. The summed E-state index contributed by atoms with van der Waals surface area (Å²) >= 11 is 6.62. The first-order valence-corrected chi connectivity index (χ1v) is 42.6. The van der Waals surface area contributed by atoms with E-state index in [1.54, 1.807) is 14.7 Å². The molecule has 0 saturated heterocycles. The lowest BCUT2D eigenvalue weighted by molar-refractivity contribution is 0.520. The third-order valence-electron chi connectivity index (χ3n) is 18.8. The Kier molecular flexibility index (Phi) is 70.9. The van der Waals surface area contributed by atoms with Crippen LogP contribution in [0.3, 0.4) is 0 Å². The minimum Gasteiger partial charge on any atom is -0.125 e. The molecule has 0 N–H and O–H groups in total. The Morgan fingerprint density at radius 2 is 0.369 bits per heavy atom.